The summed E-state index contributed by atoms with van der Waals surface area (Å²) in [6.45, 7) is 3.82. The van der Waals surface area contributed by atoms with Gasteiger partial charge in [0, 0.05) is 25.5 Å². The summed E-state index contributed by atoms with van der Waals surface area (Å²) in [6.07, 6.45) is 3.80. The van der Waals surface area contributed by atoms with Gasteiger partial charge in [-0.1, -0.05) is 0 Å². The van der Waals surface area contributed by atoms with Gasteiger partial charge in [-0.25, -0.2) is 0 Å². The molecule has 1 aromatic rings. The minimum absolute atomic E-state index is 0.195. The van der Waals surface area contributed by atoms with E-state index < -0.39 is 0 Å². The van der Waals surface area contributed by atoms with Gasteiger partial charge in [0.1, 0.15) is 0 Å². The van der Waals surface area contributed by atoms with Gasteiger partial charge in [0.25, 0.3) is 0 Å². The highest BCUT2D eigenvalue weighted by Crippen LogP contribution is 2.00. The summed E-state index contributed by atoms with van der Waals surface area (Å²) in [7, 11) is 0. The van der Waals surface area contributed by atoms with E-state index >= 15 is 0 Å². The molecule has 82 valence electrons. The lowest BCUT2D eigenvalue weighted by Gasteiger charge is -2.23. The van der Waals surface area contributed by atoms with Crippen molar-refractivity contribution in [1.82, 2.24) is 10.3 Å². The highest BCUT2D eigenvalue weighted by Gasteiger charge is 2.12. The summed E-state index contributed by atoms with van der Waals surface area (Å²) in [4.78, 5) is 3.97. The zero-order valence-electron chi connectivity index (χ0n) is 8.69. The van der Waals surface area contributed by atoms with Gasteiger partial charge in [0.15, 0.2) is 0 Å². The number of nitrogens with one attached hydrogen (secondary N) is 1. The molecular weight excluding hydrogens is 192 g/mol. The summed E-state index contributed by atoms with van der Waals surface area (Å²) >= 11 is 0. The van der Waals surface area contributed by atoms with Gasteiger partial charge in [-0.2, -0.15) is 0 Å². The highest BCUT2D eigenvalue weighted by molar-refractivity contribution is 5.08. The molecule has 1 atom stereocenters. The molecule has 4 nitrogen and oxygen atoms in total. The predicted octanol–water partition coefficient (Wildman–Crippen LogP) is 0.587. The Morgan fingerprint density at radius 3 is 2.93 bits per heavy atom. The Morgan fingerprint density at radius 1 is 1.33 bits per heavy atom. The summed E-state index contributed by atoms with van der Waals surface area (Å²) in [5.74, 6) is 0. The standard InChI is InChI=1S/C11H16N2O2/c1-3-12-4-2-10(1)7-13-8-11-9-14-5-6-15-11/h1-4,11,13H,5-9H2. The molecule has 1 N–H and O–H groups in total. The van der Waals surface area contributed by atoms with Crippen molar-refractivity contribution in [3.05, 3.63) is 30.1 Å². The molecule has 1 aromatic heterocycles. The fraction of sp³-hybridized carbons (Fsp3) is 0.545. The van der Waals surface area contributed by atoms with Crippen LogP contribution >= 0.6 is 0 Å². The quantitative estimate of drug-likeness (QED) is 0.786. The van der Waals surface area contributed by atoms with Crippen LogP contribution in [0, 0.1) is 0 Å². The molecule has 4 heteroatoms. The van der Waals surface area contributed by atoms with Gasteiger partial charge < -0.3 is 14.8 Å². The second kappa shape index (κ2) is 5.80. The van der Waals surface area contributed by atoms with Crippen LogP contribution in [0.2, 0.25) is 0 Å². The van der Waals surface area contributed by atoms with Crippen molar-refractivity contribution in [3.8, 4) is 0 Å². The normalized spacial score (nSPS) is 21.5. The molecule has 1 saturated heterocycles. The number of nitrogens with zero attached hydrogens (tertiary/aromatic N) is 1. The lowest BCUT2D eigenvalue weighted by molar-refractivity contribution is -0.0864. The second-order valence-corrected chi connectivity index (χ2v) is 3.55. The third kappa shape index (κ3) is 3.58. The number of rotatable bonds is 4. The molecule has 1 aliphatic rings. The van der Waals surface area contributed by atoms with Crippen molar-refractivity contribution < 1.29 is 9.47 Å². The molecular formula is C11H16N2O2. The topological polar surface area (TPSA) is 43.4 Å². The zero-order chi connectivity index (χ0) is 10.3. The number of aromatic nitrogens is 1. The maximum atomic E-state index is 5.52. The van der Waals surface area contributed by atoms with E-state index in [2.05, 4.69) is 10.3 Å². The number of hydrogen-bond acceptors (Lipinski definition) is 4. The molecule has 0 aliphatic carbocycles. The molecule has 1 aliphatic heterocycles. The first-order valence-corrected chi connectivity index (χ1v) is 5.24. The van der Waals surface area contributed by atoms with Gasteiger partial charge in [0.2, 0.25) is 0 Å². The molecule has 1 fully saturated rings. The van der Waals surface area contributed by atoms with Crippen LogP contribution in [0.3, 0.4) is 0 Å². The third-order valence-corrected chi connectivity index (χ3v) is 2.34. The first-order chi connectivity index (χ1) is 7.45. The SMILES string of the molecule is c1cc(CNCC2COCCO2)ccn1. The first-order valence-electron chi connectivity index (χ1n) is 5.24. The van der Waals surface area contributed by atoms with E-state index in [9.17, 15) is 0 Å². The Morgan fingerprint density at radius 2 is 2.20 bits per heavy atom. The molecule has 0 amide bonds. The zero-order valence-corrected chi connectivity index (χ0v) is 8.69. The van der Waals surface area contributed by atoms with E-state index in [4.69, 9.17) is 9.47 Å². The van der Waals surface area contributed by atoms with Crippen LogP contribution in [-0.2, 0) is 16.0 Å². The van der Waals surface area contributed by atoms with Crippen LogP contribution in [0.25, 0.3) is 0 Å². The minimum Gasteiger partial charge on any atom is -0.376 e. The number of ether oxygens (including phenoxy) is 2. The highest BCUT2D eigenvalue weighted by atomic mass is 16.6. The monoisotopic (exact) mass is 208 g/mol. The second-order valence-electron chi connectivity index (χ2n) is 3.55. The maximum Gasteiger partial charge on any atom is 0.0933 e. The van der Waals surface area contributed by atoms with Crippen molar-refractivity contribution in [2.75, 3.05) is 26.4 Å². The van der Waals surface area contributed by atoms with E-state index in [0.29, 0.717) is 13.2 Å². The van der Waals surface area contributed by atoms with Crippen molar-refractivity contribution in [2.24, 2.45) is 0 Å². The van der Waals surface area contributed by atoms with Gasteiger partial charge in [-0.05, 0) is 17.7 Å². The fourth-order valence-electron chi connectivity index (χ4n) is 1.53. The van der Waals surface area contributed by atoms with Crippen LogP contribution < -0.4 is 5.32 Å². The van der Waals surface area contributed by atoms with Crippen molar-refractivity contribution >= 4 is 0 Å². The van der Waals surface area contributed by atoms with Crippen LogP contribution in [0.5, 0.6) is 0 Å². The van der Waals surface area contributed by atoms with Crippen molar-refractivity contribution in [1.29, 1.82) is 0 Å². The van der Waals surface area contributed by atoms with E-state index in [1.165, 1.54) is 5.56 Å². The van der Waals surface area contributed by atoms with E-state index in [0.717, 1.165) is 19.7 Å². The smallest absolute Gasteiger partial charge is 0.0933 e. The number of hydrogen-bond donors (Lipinski definition) is 1. The van der Waals surface area contributed by atoms with Gasteiger partial charge in [0.05, 0.1) is 25.9 Å². The Kier molecular flexibility index (Phi) is 4.08. The van der Waals surface area contributed by atoms with Crippen LogP contribution in [-0.4, -0.2) is 37.5 Å². The Bertz CT molecular complexity index is 273. The van der Waals surface area contributed by atoms with Gasteiger partial charge >= 0.3 is 0 Å². The summed E-state index contributed by atoms with van der Waals surface area (Å²) < 4.78 is 10.8. The maximum absolute atomic E-state index is 5.52. The Labute approximate surface area is 89.6 Å². The summed E-state index contributed by atoms with van der Waals surface area (Å²) in [5.41, 5.74) is 1.24. The molecule has 1 unspecified atom stereocenters. The Balaban J connectivity index is 1.66. The summed E-state index contributed by atoms with van der Waals surface area (Å²) in [5, 5.41) is 3.34. The van der Waals surface area contributed by atoms with Crippen LogP contribution in [0.15, 0.2) is 24.5 Å². The van der Waals surface area contributed by atoms with Crippen molar-refractivity contribution in [3.63, 3.8) is 0 Å². The van der Waals surface area contributed by atoms with Crippen molar-refractivity contribution in [2.45, 2.75) is 12.6 Å². The minimum atomic E-state index is 0.195. The van der Waals surface area contributed by atoms with Crippen LogP contribution in [0.4, 0.5) is 0 Å². The van der Waals surface area contributed by atoms with Crippen LogP contribution in [0.1, 0.15) is 5.56 Å². The molecule has 2 rings (SSSR count). The molecule has 0 radical (unpaired) electrons. The molecule has 0 spiro atoms. The molecule has 2 heterocycles. The van der Waals surface area contributed by atoms with Gasteiger partial charge in [-0.15, -0.1) is 0 Å². The lowest BCUT2D eigenvalue weighted by atomic mass is 10.2. The summed E-state index contributed by atoms with van der Waals surface area (Å²) in [6, 6.07) is 4.01. The van der Waals surface area contributed by atoms with E-state index in [1.54, 1.807) is 12.4 Å². The van der Waals surface area contributed by atoms with Gasteiger partial charge in [-0.3, -0.25) is 4.98 Å². The largest absolute Gasteiger partial charge is 0.376 e. The molecule has 0 aromatic carbocycles. The predicted molar refractivity (Wildman–Crippen MR) is 56.5 cm³/mol. The van der Waals surface area contributed by atoms with E-state index in [-0.39, 0.29) is 6.10 Å². The number of pyridine rings is 1. The Hall–Kier alpha value is -0.970. The van der Waals surface area contributed by atoms with E-state index in [1.807, 2.05) is 12.1 Å². The molecule has 0 saturated carbocycles. The molecule has 15 heavy (non-hydrogen) atoms. The third-order valence-electron chi connectivity index (χ3n) is 2.34. The fourth-order valence-corrected chi connectivity index (χ4v) is 1.53. The lowest BCUT2D eigenvalue weighted by Crippen LogP contribution is -2.37. The average molecular weight is 208 g/mol. The average Bonchev–Trinajstić information content (AvgIpc) is 2.32. The first kappa shape index (κ1) is 10.5. The molecule has 0 bridgehead atoms.